The van der Waals surface area contributed by atoms with Gasteiger partial charge in [-0.1, -0.05) is 24.4 Å². The first-order valence-corrected chi connectivity index (χ1v) is 11.0. The van der Waals surface area contributed by atoms with Gasteiger partial charge in [0.2, 0.25) is 11.8 Å². The number of nitrogens with zero attached hydrogens (tertiary/aromatic N) is 1. The molecule has 1 aromatic heterocycles. The molecule has 26 heavy (non-hydrogen) atoms. The maximum Gasteiger partial charge on any atom is 0.247 e. The van der Waals surface area contributed by atoms with Crippen molar-refractivity contribution in [2.24, 2.45) is 0 Å². The predicted octanol–water partition coefficient (Wildman–Crippen LogP) is 3.03. The third-order valence-corrected chi connectivity index (χ3v) is 8.61. The highest BCUT2D eigenvalue weighted by atomic mass is 32.2. The minimum atomic E-state index is -3.59. The highest BCUT2D eigenvalue weighted by molar-refractivity contribution is 7.94. The number of amides is 1. The van der Waals surface area contributed by atoms with E-state index in [9.17, 15) is 13.2 Å². The molecule has 1 aromatic rings. The number of sulfone groups is 1. The van der Waals surface area contributed by atoms with E-state index in [0.717, 1.165) is 37.8 Å². The molecular weight excluding hydrogens is 356 g/mol. The van der Waals surface area contributed by atoms with Gasteiger partial charge in [0.25, 0.3) is 0 Å². The van der Waals surface area contributed by atoms with Crippen molar-refractivity contribution in [2.75, 3.05) is 18.5 Å². The Morgan fingerprint density at radius 3 is 2.46 bits per heavy atom. The summed E-state index contributed by atoms with van der Waals surface area (Å²) in [6, 6.07) is 1.69. The average Bonchev–Trinajstić information content (AvgIpc) is 3.11. The van der Waals surface area contributed by atoms with E-state index < -0.39 is 25.7 Å². The van der Waals surface area contributed by atoms with Crippen molar-refractivity contribution in [1.82, 2.24) is 5.16 Å². The molecule has 146 valence electrons. The molecule has 3 rings (SSSR count). The molecule has 8 heteroatoms. The zero-order valence-corrected chi connectivity index (χ0v) is 16.3. The molecule has 0 spiro atoms. The monoisotopic (exact) mass is 384 g/mol. The van der Waals surface area contributed by atoms with Crippen LogP contribution in [0.2, 0.25) is 0 Å². The fourth-order valence-corrected chi connectivity index (χ4v) is 5.81. The fourth-order valence-electron chi connectivity index (χ4n) is 3.72. The molecule has 1 amide bonds. The van der Waals surface area contributed by atoms with Crippen LogP contribution in [0.4, 0.5) is 5.88 Å². The molecule has 2 fully saturated rings. The summed E-state index contributed by atoms with van der Waals surface area (Å²) < 4.78 is 35.0. The van der Waals surface area contributed by atoms with E-state index in [4.69, 9.17) is 9.26 Å². The van der Waals surface area contributed by atoms with Gasteiger partial charge in [-0.2, -0.15) is 0 Å². The van der Waals surface area contributed by atoms with Gasteiger partial charge < -0.3 is 9.26 Å². The van der Waals surface area contributed by atoms with Gasteiger partial charge in [0.15, 0.2) is 9.84 Å². The zero-order valence-electron chi connectivity index (χ0n) is 15.5. The molecule has 1 saturated heterocycles. The standard InChI is InChI=1S/C18H28N2O5S/c1-18(2,26(22,23)14-6-4-3-5-7-14)17(21)19-16-12-15(20-25-16)13-8-10-24-11-9-13/h12-14H,3-11H2,1-2H3,(H,19,21). The largest absolute Gasteiger partial charge is 0.381 e. The summed E-state index contributed by atoms with van der Waals surface area (Å²) in [5.74, 6) is -0.127. The summed E-state index contributed by atoms with van der Waals surface area (Å²) in [5.41, 5.74) is 0.775. The van der Waals surface area contributed by atoms with Crippen LogP contribution in [0, 0.1) is 0 Å². The molecule has 1 N–H and O–H groups in total. The topological polar surface area (TPSA) is 98.5 Å². The van der Waals surface area contributed by atoms with Gasteiger partial charge >= 0.3 is 0 Å². The third kappa shape index (κ3) is 3.81. The van der Waals surface area contributed by atoms with E-state index in [1.165, 1.54) is 13.8 Å². The Bertz CT molecular complexity index is 729. The van der Waals surface area contributed by atoms with Crippen molar-refractivity contribution >= 4 is 21.6 Å². The number of carbonyl (C=O) groups excluding carboxylic acids is 1. The number of hydrogen-bond donors (Lipinski definition) is 1. The van der Waals surface area contributed by atoms with Gasteiger partial charge in [0, 0.05) is 25.2 Å². The highest BCUT2D eigenvalue weighted by Gasteiger charge is 2.46. The average molecular weight is 384 g/mol. The van der Waals surface area contributed by atoms with Crippen molar-refractivity contribution in [1.29, 1.82) is 0 Å². The molecule has 0 atom stereocenters. The Morgan fingerprint density at radius 1 is 1.15 bits per heavy atom. The molecule has 2 aliphatic rings. The molecule has 0 bridgehead atoms. The lowest BCUT2D eigenvalue weighted by molar-refractivity contribution is -0.118. The van der Waals surface area contributed by atoms with Crippen molar-refractivity contribution in [3.8, 4) is 0 Å². The second kappa shape index (κ2) is 7.68. The summed E-state index contributed by atoms with van der Waals surface area (Å²) >= 11 is 0. The maximum absolute atomic E-state index is 13.0. The molecule has 1 aliphatic carbocycles. The van der Waals surface area contributed by atoms with Gasteiger partial charge in [-0.15, -0.1) is 0 Å². The van der Waals surface area contributed by atoms with E-state index in [1.54, 1.807) is 6.07 Å². The number of rotatable bonds is 5. The number of hydrogen-bond acceptors (Lipinski definition) is 6. The van der Waals surface area contributed by atoms with Crippen LogP contribution in [0.15, 0.2) is 10.6 Å². The van der Waals surface area contributed by atoms with E-state index in [2.05, 4.69) is 10.5 Å². The summed E-state index contributed by atoms with van der Waals surface area (Å²) in [4.78, 5) is 12.7. The number of anilines is 1. The molecular formula is C18H28N2O5S. The van der Waals surface area contributed by atoms with Crippen LogP contribution in [-0.2, 0) is 19.4 Å². The number of carbonyl (C=O) groups is 1. The van der Waals surface area contributed by atoms with Gasteiger partial charge in [0.1, 0.15) is 4.75 Å². The van der Waals surface area contributed by atoms with E-state index in [-0.39, 0.29) is 11.8 Å². The third-order valence-electron chi connectivity index (χ3n) is 5.65. The van der Waals surface area contributed by atoms with E-state index in [0.29, 0.717) is 26.1 Å². The molecule has 1 saturated carbocycles. The highest BCUT2D eigenvalue weighted by Crippen LogP contribution is 2.33. The lowest BCUT2D eigenvalue weighted by atomic mass is 9.97. The van der Waals surface area contributed by atoms with Crippen LogP contribution in [0.3, 0.4) is 0 Å². The lowest BCUT2D eigenvalue weighted by Crippen LogP contribution is -2.49. The molecule has 1 aliphatic heterocycles. The van der Waals surface area contributed by atoms with Crippen molar-refractivity contribution in [3.05, 3.63) is 11.8 Å². The summed E-state index contributed by atoms with van der Waals surface area (Å²) in [7, 11) is -3.59. The Balaban J connectivity index is 1.69. The minimum absolute atomic E-state index is 0.198. The summed E-state index contributed by atoms with van der Waals surface area (Å²) in [5, 5.41) is 6.20. The number of nitrogens with one attached hydrogen (secondary N) is 1. The number of aromatic nitrogens is 1. The van der Waals surface area contributed by atoms with Crippen molar-refractivity contribution in [3.63, 3.8) is 0 Å². The Kier molecular flexibility index (Phi) is 5.72. The van der Waals surface area contributed by atoms with E-state index in [1.807, 2.05) is 0 Å². The van der Waals surface area contributed by atoms with Crippen LogP contribution in [-0.4, -0.2) is 42.7 Å². The van der Waals surface area contributed by atoms with Crippen LogP contribution in [0.25, 0.3) is 0 Å². The van der Waals surface area contributed by atoms with Crippen molar-refractivity contribution in [2.45, 2.75) is 74.7 Å². The Labute approximate surface area is 154 Å². The van der Waals surface area contributed by atoms with Crippen LogP contribution >= 0.6 is 0 Å². The van der Waals surface area contributed by atoms with Crippen molar-refractivity contribution < 1.29 is 22.5 Å². The molecule has 7 nitrogen and oxygen atoms in total. The van der Waals surface area contributed by atoms with Crippen LogP contribution in [0.5, 0.6) is 0 Å². The fraction of sp³-hybridized carbons (Fsp3) is 0.778. The number of ether oxygens (including phenoxy) is 1. The minimum Gasteiger partial charge on any atom is -0.381 e. The lowest BCUT2D eigenvalue weighted by Gasteiger charge is -2.30. The SMILES string of the molecule is CC(C)(C(=O)Nc1cc(C2CCOCC2)no1)S(=O)(=O)C1CCCCC1. The van der Waals surface area contributed by atoms with E-state index >= 15 is 0 Å². The molecule has 0 radical (unpaired) electrons. The van der Waals surface area contributed by atoms with Crippen LogP contribution in [0.1, 0.15) is 70.4 Å². The van der Waals surface area contributed by atoms with Gasteiger partial charge in [-0.05, 0) is 39.5 Å². The second-order valence-corrected chi connectivity index (χ2v) is 10.5. The quantitative estimate of drug-likeness (QED) is 0.838. The van der Waals surface area contributed by atoms with Gasteiger partial charge in [-0.3, -0.25) is 10.1 Å². The first-order chi connectivity index (χ1) is 12.3. The smallest absolute Gasteiger partial charge is 0.247 e. The van der Waals surface area contributed by atoms with Gasteiger partial charge in [0.05, 0.1) is 10.9 Å². The molecule has 0 aromatic carbocycles. The first kappa shape index (κ1) is 19.4. The zero-order chi connectivity index (χ0) is 18.8. The molecule has 2 heterocycles. The first-order valence-electron chi connectivity index (χ1n) is 9.41. The summed E-state index contributed by atoms with van der Waals surface area (Å²) in [6.07, 6.45) is 5.86. The normalized spacial score (nSPS) is 20.8. The predicted molar refractivity (Wildman–Crippen MR) is 97.8 cm³/mol. The maximum atomic E-state index is 13.0. The van der Waals surface area contributed by atoms with Gasteiger partial charge in [-0.25, -0.2) is 8.42 Å². The van der Waals surface area contributed by atoms with Crippen LogP contribution < -0.4 is 5.32 Å². The Hall–Kier alpha value is -1.41. The molecule has 0 unspecified atom stereocenters. The Morgan fingerprint density at radius 2 is 1.81 bits per heavy atom. The second-order valence-electron chi connectivity index (χ2n) is 7.77. The summed E-state index contributed by atoms with van der Waals surface area (Å²) in [6.45, 7) is 4.32.